The molecule has 0 unspecified atom stereocenters. The normalized spacial score (nSPS) is 24.5. The molecule has 0 atom stereocenters. The summed E-state index contributed by atoms with van der Waals surface area (Å²) in [5.41, 5.74) is 0. The molecule has 1 fully saturated rings. The van der Waals surface area contributed by atoms with Crippen LogP contribution in [0.2, 0.25) is 0 Å². The maximum Gasteiger partial charge on any atom is 0.211 e. The molecule has 0 amide bonds. The average Bonchev–Trinajstić information content (AvgIpc) is 2.42. The summed E-state index contributed by atoms with van der Waals surface area (Å²) >= 11 is 0. The van der Waals surface area contributed by atoms with Crippen LogP contribution in [0.15, 0.2) is 0 Å². The van der Waals surface area contributed by atoms with Crippen LogP contribution < -0.4 is 10.0 Å². The molecule has 5 heteroatoms. The monoisotopic (exact) mass is 290 g/mol. The van der Waals surface area contributed by atoms with Gasteiger partial charge in [-0.2, -0.15) is 0 Å². The van der Waals surface area contributed by atoms with E-state index in [2.05, 4.69) is 17.0 Å². The van der Waals surface area contributed by atoms with E-state index >= 15 is 0 Å². The first-order valence-corrected chi connectivity index (χ1v) is 9.40. The summed E-state index contributed by atoms with van der Waals surface area (Å²) in [4.78, 5) is 0. The van der Waals surface area contributed by atoms with Crippen molar-refractivity contribution in [3.05, 3.63) is 0 Å². The first-order chi connectivity index (χ1) is 9.07. The summed E-state index contributed by atoms with van der Waals surface area (Å²) in [7, 11) is -3.07. The molecular formula is C14H30N2O2S. The van der Waals surface area contributed by atoms with Gasteiger partial charge in [0.2, 0.25) is 10.0 Å². The highest BCUT2D eigenvalue weighted by molar-refractivity contribution is 7.89. The maximum absolute atomic E-state index is 11.8. The Morgan fingerprint density at radius 1 is 1.05 bits per heavy atom. The molecule has 2 N–H and O–H groups in total. The third-order valence-corrected chi connectivity index (χ3v) is 5.58. The molecule has 0 bridgehead atoms. The van der Waals surface area contributed by atoms with Gasteiger partial charge in [0.25, 0.3) is 0 Å². The Labute approximate surface area is 118 Å². The quantitative estimate of drug-likeness (QED) is 0.640. The zero-order valence-corrected chi connectivity index (χ0v) is 13.3. The topological polar surface area (TPSA) is 58.2 Å². The Bertz CT molecular complexity index is 322. The van der Waals surface area contributed by atoms with E-state index in [9.17, 15) is 8.42 Å². The molecule has 0 aliphatic heterocycles. The molecule has 0 aromatic carbocycles. The zero-order valence-electron chi connectivity index (χ0n) is 12.5. The van der Waals surface area contributed by atoms with Gasteiger partial charge in [-0.1, -0.05) is 33.1 Å². The van der Waals surface area contributed by atoms with Gasteiger partial charge in [-0.3, -0.25) is 0 Å². The summed E-state index contributed by atoms with van der Waals surface area (Å²) in [5.74, 6) is 1.66. The van der Waals surface area contributed by atoms with Gasteiger partial charge < -0.3 is 5.32 Å². The van der Waals surface area contributed by atoms with E-state index in [0.29, 0.717) is 18.9 Å². The predicted molar refractivity (Wildman–Crippen MR) is 80.7 cm³/mol. The van der Waals surface area contributed by atoms with Crippen molar-refractivity contribution in [1.82, 2.24) is 10.0 Å². The highest BCUT2D eigenvalue weighted by Gasteiger charge is 2.21. The van der Waals surface area contributed by atoms with Gasteiger partial charge in [0.05, 0.1) is 5.75 Å². The molecule has 114 valence electrons. The maximum atomic E-state index is 11.8. The minimum Gasteiger partial charge on any atom is -0.317 e. The number of hydrogen-bond donors (Lipinski definition) is 2. The molecule has 0 aromatic heterocycles. The second kappa shape index (κ2) is 8.93. The third-order valence-electron chi connectivity index (χ3n) is 4.15. The minimum absolute atomic E-state index is 0.240. The highest BCUT2D eigenvalue weighted by Crippen LogP contribution is 2.30. The van der Waals surface area contributed by atoms with Crippen molar-refractivity contribution in [3.63, 3.8) is 0 Å². The summed E-state index contributed by atoms with van der Waals surface area (Å²) in [5, 5.41) is 3.15. The first kappa shape index (κ1) is 16.9. The van der Waals surface area contributed by atoms with Gasteiger partial charge in [0.1, 0.15) is 0 Å². The van der Waals surface area contributed by atoms with Crippen molar-refractivity contribution in [3.8, 4) is 0 Å². The standard InChI is InChI=1S/C14H30N2O2S/c1-3-13-6-8-14(9-7-13)12-16-19(17,18)11-5-10-15-4-2/h13-16H,3-12H2,1-2H3. The van der Waals surface area contributed by atoms with E-state index in [1.807, 2.05) is 6.92 Å². The van der Waals surface area contributed by atoms with E-state index in [4.69, 9.17) is 0 Å². The highest BCUT2D eigenvalue weighted by atomic mass is 32.2. The largest absolute Gasteiger partial charge is 0.317 e. The fourth-order valence-corrected chi connectivity index (χ4v) is 3.88. The number of sulfonamides is 1. The van der Waals surface area contributed by atoms with Gasteiger partial charge in [0.15, 0.2) is 0 Å². The number of rotatable bonds is 9. The Morgan fingerprint density at radius 2 is 1.68 bits per heavy atom. The molecule has 1 aliphatic rings. The number of nitrogens with one attached hydrogen (secondary N) is 2. The van der Waals surface area contributed by atoms with Crippen LogP contribution in [0.25, 0.3) is 0 Å². The molecule has 1 saturated carbocycles. The molecule has 1 aliphatic carbocycles. The SMILES string of the molecule is CCNCCCS(=O)(=O)NCC1CCC(CC)CC1. The Hall–Kier alpha value is -0.130. The summed E-state index contributed by atoms with van der Waals surface area (Å²) < 4.78 is 26.4. The molecule has 0 saturated heterocycles. The summed E-state index contributed by atoms with van der Waals surface area (Å²) in [6.45, 7) is 6.59. The van der Waals surface area contributed by atoms with E-state index < -0.39 is 10.0 Å². The zero-order chi connectivity index (χ0) is 14.1. The van der Waals surface area contributed by atoms with Crippen LogP contribution in [0, 0.1) is 11.8 Å². The van der Waals surface area contributed by atoms with Crippen molar-refractivity contribution in [2.24, 2.45) is 11.8 Å². The van der Waals surface area contributed by atoms with Crippen LogP contribution in [-0.2, 0) is 10.0 Å². The van der Waals surface area contributed by atoms with Crippen LogP contribution >= 0.6 is 0 Å². The van der Waals surface area contributed by atoms with Crippen LogP contribution in [0.4, 0.5) is 0 Å². The van der Waals surface area contributed by atoms with Gasteiger partial charge in [-0.25, -0.2) is 13.1 Å². The van der Waals surface area contributed by atoms with Crippen LogP contribution in [-0.4, -0.2) is 33.8 Å². The molecule has 4 nitrogen and oxygen atoms in total. The molecule has 0 aromatic rings. The number of hydrogen-bond acceptors (Lipinski definition) is 3. The van der Waals surface area contributed by atoms with Gasteiger partial charge in [-0.15, -0.1) is 0 Å². The Morgan fingerprint density at radius 3 is 2.26 bits per heavy atom. The van der Waals surface area contributed by atoms with E-state index in [1.54, 1.807) is 0 Å². The van der Waals surface area contributed by atoms with Crippen LogP contribution in [0.1, 0.15) is 52.4 Å². The lowest BCUT2D eigenvalue weighted by Gasteiger charge is -2.27. The van der Waals surface area contributed by atoms with E-state index in [-0.39, 0.29) is 5.75 Å². The molecule has 0 heterocycles. The van der Waals surface area contributed by atoms with Crippen molar-refractivity contribution in [1.29, 1.82) is 0 Å². The van der Waals surface area contributed by atoms with Crippen LogP contribution in [0.5, 0.6) is 0 Å². The second-order valence-electron chi connectivity index (χ2n) is 5.67. The summed E-state index contributed by atoms with van der Waals surface area (Å²) in [6, 6.07) is 0. The second-order valence-corrected chi connectivity index (χ2v) is 7.60. The molecule has 0 radical (unpaired) electrons. The van der Waals surface area contributed by atoms with Crippen molar-refractivity contribution >= 4 is 10.0 Å². The lowest BCUT2D eigenvalue weighted by molar-refractivity contribution is 0.270. The molecule has 1 rings (SSSR count). The third kappa shape index (κ3) is 7.28. The van der Waals surface area contributed by atoms with Gasteiger partial charge in [-0.05, 0) is 44.2 Å². The van der Waals surface area contributed by atoms with Crippen molar-refractivity contribution in [2.45, 2.75) is 52.4 Å². The Balaban J connectivity index is 2.17. The molecular weight excluding hydrogens is 260 g/mol. The van der Waals surface area contributed by atoms with Crippen molar-refractivity contribution < 1.29 is 8.42 Å². The molecule has 19 heavy (non-hydrogen) atoms. The molecule has 0 spiro atoms. The van der Waals surface area contributed by atoms with E-state index in [1.165, 1.54) is 32.1 Å². The lowest BCUT2D eigenvalue weighted by atomic mass is 9.81. The Kier molecular flexibility index (Phi) is 7.95. The predicted octanol–water partition coefficient (Wildman–Crippen LogP) is 2.12. The summed E-state index contributed by atoms with van der Waals surface area (Å²) in [6.07, 6.45) is 6.85. The van der Waals surface area contributed by atoms with Crippen LogP contribution in [0.3, 0.4) is 0 Å². The van der Waals surface area contributed by atoms with Crippen molar-refractivity contribution in [2.75, 3.05) is 25.4 Å². The minimum atomic E-state index is -3.07. The van der Waals surface area contributed by atoms with Gasteiger partial charge >= 0.3 is 0 Å². The smallest absolute Gasteiger partial charge is 0.211 e. The average molecular weight is 290 g/mol. The lowest BCUT2D eigenvalue weighted by Crippen LogP contribution is -2.33. The van der Waals surface area contributed by atoms with E-state index in [0.717, 1.165) is 19.0 Å². The fraction of sp³-hybridized carbons (Fsp3) is 1.00. The first-order valence-electron chi connectivity index (χ1n) is 7.75. The van der Waals surface area contributed by atoms with Gasteiger partial charge in [0, 0.05) is 6.54 Å². The fourth-order valence-electron chi connectivity index (χ4n) is 2.72.